The highest BCUT2D eigenvalue weighted by Crippen LogP contribution is 2.35. The van der Waals surface area contributed by atoms with Gasteiger partial charge in [0.15, 0.2) is 10.8 Å². The molecule has 3 rings (SSSR count). The van der Waals surface area contributed by atoms with Crippen molar-refractivity contribution in [3.8, 4) is 0 Å². The van der Waals surface area contributed by atoms with Crippen molar-refractivity contribution in [2.45, 2.75) is 32.9 Å². The lowest BCUT2D eigenvalue weighted by Gasteiger charge is -2.38. The van der Waals surface area contributed by atoms with E-state index in [-0.39, 0.29) is 22.2 Å². The van der Waals surface area contributed by atoms with Gasteiger partial charge in [-0.1, -0.05) is 25.4 Å². The number of hydrogen-bond donors (Lipinski definition) is 0. The van der Waals surface area contributed by atoms with E-state index in [1.807, 2.05) is 4.90 Å². The van der Waals surface area contributed by atoms with E-state index in [1.54, 1.807) is 0 Å². The zero-order chi connectivity index (χ0) is 16.1. The number of nitrogens with zero attached hydrogens (tertiary/aromatic N) is 5. The summed E-state index contributed by atoms with van der Waals surface area (Å²) in [6.07, 6.45) is -1.92. The minimum absolute atomic E-state index is 0.0132. The zero-order valence-electron chi connectivity index (χ0n) is 12.2. The van der Waals surface area contributed by atoms with Crippen LogP contribution in [0.25, 0.3) is 5.65 Å². The molecule has 1 fully saturated rings. The van der Waals surface area contributed by atoms with E-state index in [2.05, 4.69) is 29.0 Å². The molecule has 0 atom stereocenters. The summed E-state index contributed by atoms with van der Waals surface area (Å²) in [7, 11) is 0. The van der Waals surface area contributed by atoms with Crippen LogP contribution in [-0.2, 0) is 6.18 Å². The largest absolute Gasteiger partial charge is 0.433 e. The summed E-state index contributed by atoms with van der Waals surface area (Å²) in [6.45, 7) is 5.43. The van der Waals surface area contributed by atoms with E-state index in [0.717, 1.165) is 23.4 Å². The maximum absolute atomic E-state index is 13.2. The number of rotatable bonds is 1. The monoisotopic (exact) mass is 333 g/mol. The Labute approximate surface area is 130 Å². The molecule has 0 radical (unpaired) electrons. The van der Waals surface area contributed by atoms with Crippen LogP contribution in [0.3, 0.4) is 0 Å². The van der Waals surface area contributed by atoms with Gasteiger partial charge in [0, 0.05) is 13.1 Å². The Morgan fingerprint density at radius 1 is 1.27 bits per heavy atom. The number of hydrogen-bond acceptors (Lipinski definition) is 4. The van der Waals surface area contributed by atoms with Gasteiger partial charge < -0.3 is 4.90 Å². The van der Waals surface area contributed by atoms with Gasteiger partial charge in [0.05, 0.1) is 6.20 Å². The molecule has 9 heteroatoms. The molecule has 1 saturated heterocycles. The molecule has 0 saturated carbocycles. The van der Waals surface area contributed by atoms with Crippen LogP contribution >= 0.6 is 11.6 Å². The number of aromatic nitrogens is 4. The molecule has 0 unspecified atom stereocenters. The van der Waals surface area contributed by atoms with Gasteiger partial charge in [-0.25, -0.2) is 4.98 Å². The molecule has 22 heavy (non-hydrogen) atoms. The average Bonchev–Trinajstić information content (AvgIpc) is 2.81. The minimum Gasteiger partial charge on any atom is -0.340 e. The first-order chi connectivity index (χ1) is 10.2. The second kappa shape index (κ2) is 4.97. The second-order valence-electron chi connectivity index (χ2n) is 6.28. The van der Waals surface area contributed by atoms with Crippen LogP contribution in [0.15, 0.2) is 6.20 Å². The number of alkyl halides is 3. The fourth-order valence-electron chi connectivity index (χ4n) is 2.86. The summed E-state index contributed by atoms with van der Waals surface area (Å²) in [6, 6.07) is 0. The predicted molar refractivity (Wildman–Crippen MR) is 76.0 cm³/mol. The molecule has 1 aliphatic heterocycles. The lowest BCUT2D eigenvalue weighted by atomic mass is 9.84. The zero-order valence-corrected chi connectivity index (χ0v) is 12.9. The van der Waals surface area contributed by atoms with Crippen molar-refractivity contribution in [3.63, 3.8) is 0 Å². The molecule has 3 heterocycles. The third-order valence-electron chi connectivity index (χ3n) is 3.85. The van der Waals surface area contributed by atoms with Crippen LogP contribution in [0.1, 0.15) is 32.4 Å². The maximum Gasteiger partial charge on any atom is 0.433 e. The fourth-order valence-corrected chi connectivity index (χ4v) is 3.03. The Kier molecular flexibility index (Phi) is 3.47. The average molecular weight is 334 g/mol. The standard InChI is InChI=1S/C13H15ClF3N5/c1-12(2)4-3-5-21(7-12)11-20-19-10-9(14)18-6-8(22(10)11)13(15,16)17/h6H,3-5,7H2,1-2H3. The van der Waals surface area contributed by atoms with E-state index in [0.29, 0.717) is 13.1 Å². The molecule has 0 N–H and O–H groups in total. The van der Waals surface area contributed by atoms with Crippen molar-refractivity contribution >= 4 is 23.2 Å². The molecular formula is C13H15ClF3N5. The van der Waals surface area contributed by atoms with Crippen LogP contribution in [-0.4, -0.2) is 32.7 Å². The van der Waals surface area contributed by atoms with E-state index >= 15 is 0 Å². The molecule has 0 spiro atoms. The third kappa shape index (κ3) is 2.60. The van der Waals surface area contributed by atoms with E-state index in [9.17, 15) is 13.2 Å². The van der Waals surface area contributed by atoms with Gasteiger partial charge in [0.1, 0.15) is 0 Å². The first-order valence-electron chi connectivity index (χ1n) is 6.91. The number of fused-ring (bicyclic) bond motifs is 1. The molecular weight excluding hydrogens is 319 g/mol. The highest BCUT2D eigenvalue weighted by Gasteiger charge is 2.37. The SMILES string of the molecule is CC1(C)CCCN(c2nnc3c(Cl)ncc(C(F)(F)F)n23)C1. The molecule has 0 aromatic carbocycles. The van der Waals surface area contributed by atoms with Crippen molar-refractivity contribution < 1.29 is 13.2 Å². The summed E-state index contributed by atoms with van der Waals surface area (Å²) in [5.74, 6) is 0.166. The smallest absolute Gasteiger partial charge is 0.340 e. The summed E-state index contributed by atoms with van der Waals surface area (Å²) in [5.41, 5.74) is -0.982. The summed E-state index contributed by atoms with van der Waals surface area (Å²) in [4.78, 5) is 5.39. The topological polar surface area (TPSA) is 46.3 Å². The Hall–Kier alpha value is -1.57. The van der Waals surface area contributed by atoms with Gasteiger partial charge in [0.2, 0.25) is 11.6 Å². The lowest BCUT2D eigenvalue weighted by Crippen LogP contribution is -2.41. The van der Waals surface area contributed by atoms with Gasteiger partial charge in [0.25, 0.3) is 0 Å². The maximum atomic E-state index is 13.2. The van der Waals surface area contributed by atoms with Gasteiger partial charge in [-0.15, -0.1) is 10.2 Å². The van der Waals surface area contributed by atoms with Crippen LogP contribution in [0.5, 0.6) is 0 Å². The first kappa shape index (κ1) is 15.3. The van der Waals surface area contributed by atoms with Gasteiger partial charge >= 0.3 is 6.18 Å². The summed E-state index contributed by atoms with van der Waals surface area (Å²) in [5, 5.41) is 7.63. The Morgan fingerprint density at radius 3 is 2.64 bits per heavy atom. The molecule has 1 aliphatic rings. The summed E-state index contributed by atoms with van der Waals surface area (Å²) < 4.78 is 40.7. The van der Waals surface area contributed by atoms with Crippen molar-refractivity contribution in [1.29, 1.82) is 0 Å². The van der Waals surface area contributed by atoms with E-state index in [4.69, 9.17) is 11.6 Å². The van der Waals surface area contributed by atoms with Crippen LogP contribution in [0, 0.1) is 5.41 Å². The Morgan fingerprint density at radius 2 is 2.00 bits per heavy atom. The molecule has 0 aliphatic carbocycles. The van der Waals surface area contributed by atoms with Crippen LogP contribution < -0.4 is 4.90 Å². The van der Waals surface area contributed by atoms with Crippen LogP contribution in [0.2, 0.25) is 5.15 Å². The normalized spacial score (nSPS) is 18.9. The lowest BCUT2D eigenvalue weighted by molar-refractivity contribution is -0.142. The first-order valence-corrected chi connectivity index (χ1v) is 7.29. The van der Waals surface area contributed by atoms with Gasteiger partial charge in [-0.2, -0.15) is 13.2 Å². The molecule has 0 bridgehead atoms. The van der Waals surface area contributed by atoms with Gasteiger partial charge in [-0.05, 0) is 18.3 Å². The number of piperidine rings is 1. The summed E-state index contributed by atoms with van der Waals surface area (Å²) >= 11 is 5.87. The van der Waals surface area contributed by atoms with Crippen molar-refractivity contribution in [2.24, 2.45) is 5.41 Å². The molecule has 2 aromatic rings. The minimum atomic E-state index is -4.56. The Balaban J connectivity index is 2.16. The second-order valence-corrected chi connectivity index (χ2v) is 6.64. The number of halogens is 4. The molecule has 0 amide bonds. The van der Waals surface area contributed by atoms with E-state index in [1.165, 1.54) is 0 Å². The fraction of sp³-hybridized carbons (Fsp3) is 0.615. The Bertz CT molecular complexity index is 709. The highest BCUT2D eigenvalue weighted by molar-refractivity contribution is 6.32. The molecule has 120 valence electrons. The third-order valence-corrected chi connectivity index (χ3v) is 4.11. The quantitative estimate of drug-likeness (QED) is 0.802. The predicted octanol–water partition coefficient (Wildman–Crippen LogP) is 3.42. The highest BCUT2D eigenvalue weighted by atomic mass is 35.5. The molecule has 2 aromatic heterocycles. The van der Waals surface area contributed by atoms with E-state index < -0.39 is 11.9 Å². The molecule has 5 nitrogen and oxygen atoms in total. The van der Waals surface area contributed by atoms with Crippen molar-refractivity contribution in [3.05, 3.63) is 17.0 Å². The number of anilines is 1. The van der Waals surface area contributed by atoms with Crippen LogP contribution in [0.4, 0.5) is 19.1 Å². The van der Waals surface area contributed by atoms with Crippen molar-refractivity contribution in [2.75, 3.05) is 18.0 Å². The van der Waals surface area contributed by atoms with Crippen molar-refractivity contribution in [1.82, 2.24) is 19.6 Å². The van der Waals surface area contributed by atoms with Gasteiger partial charge in [-0.3, -0.25) is 4.40 Å².